The van der Waals surface area contributed by atoms with E-state index in [9.17, 15) is 10.2 Å². The molecule has 33 heavy (non-hydrogen) atoms. The number of phenols is 2. The molecule has 3 aromatic rings. The lowest BCUT2D eigenvalue weighted by atomic mass is 9.96. The number of phenolic OH excluding ortho intramolecular Hbond substituents is 2. The summed E-state index contributed by atoms with van der Waals surface area (Å²) < 4.78 is 27.7. The van der Waals surface area contributed by atoms with Crippen molar-refractivity contribution in [2.45, 2.75) is 13.8 Å². The average molecular weight is 450 g/mol. The molecule has 0 atom stereocenters. The molecule has 7 nitrogen and oxygen atoms in total. The van der Waals surface area contributed by atoms with Gasteiger partial charge in [-0.2, -0.15) is 0 Å². The zero-order valence-corrected chi connectivity index (χ0v) is 19.0. The van der Waals surface area contributed by atoms with Crippen molar-refractivity contribution < 1.29 is 33.9 Å². The van der Waals surface area contributed by atoms with Crippen LogP contribution in [0.25, 0.3) is 22.3 Å². The quantitative estimate of drug-likeness (QED) is 0.458. The van der Waals surface area contributed by atoms with Gasteiger partial charge in [0, 0.05) is 5.56 Å². The minimum Gasteiger partial charge on any atom is -0.504 e. The van der Waals surface area contributed by atoms with E-state index in [1.165, 1.54) is 20.3 Å². The number of benzene rings is 3. The van der Waals surface area contributed by atoms with E-state index < -0.39 is 0 Å². The molecule has 172 valence electrons. The number of ether oxygens (including phenoxy) is 5. The van der Waals surface area contributed by atoms with Gasteiger partial charge in [0.2, 0.25) is 6.79 Å². The predicted octanol–water partition coefficient (Wildman–Crippen LogP) is 5.52. The first-order valence-corrected chi connectivity index (χ1v) is 10.4. The maximum Gasteiger partial charge on any atom is 0.231 e. The fraction of sp³-hybridized carbons (Fsp3) is 0.231. The van der Waals surface area contributed by atoms with Crippen molar-refractivity contribution in [3.8, 4) is 62.5 Å². The Labute approximate surface area is 192 Å². The van der Waals surface area contributed by atoms with Gasteiger partial charge in [-0.3, -0.25) is 0 Å². The molecule has 7 heteroatoms. The van der Waals surface area contributed by atoms with Crippen molar-refractivity contribution >= 4 is 0 Å². The zero-order chi connectivity index (χ0) is 23.5. The monoisotopic (exact) mass is 450 g/mol. The van der Waals surface area contributed by atoms with Crippen LogP contribution in [0.15, 0.2) is 54.1 Å². The Kier molecular flexibility index (Phi) is 6.22. The van der Waals surface area contributed by atoms with Crippen molar-refractivity contribution in [1.29, 1.82) is 0 Å². The number of fused-ring (bicyclic) bond motifs is 1. The second kappa shape index (κ2) is 9.24. The van der Waals surface area contributed by atoms with Gasteiger partial charge >= 0.3 is 0 Å². The number of hydrogen-bond acceptors (Lipinski definition) is 7. The van der Waals surface area contributed by atoms with Gasteiger partial charge in [0.15, 0.2) is 34.5 Å². The lowest BCUT2D eigenvalue weighted by molar-refractivity contribution is 0.174. The molecule has 3 aromatic carbocycles. The predicted molar refractivity (Wildman–Crippen MR) is 125 cm³/mol. The van der Waals surface area contributed by atoms with Gasteiger partial charge in [-0.15, -0.1) is 0 Å². The third kappa shape index (κ3) is 4.35. The summed E-state index contributed by atoms with van der Waals surface area (Å²) in [5, 5.41) is 21.7. The van der Waals surface area contributed by atoms with Crippen LogP contribution >= 0.6 is 0 Å². The number of aromatic hydroxyl groups is 2. The summed E-state index contributed by atoms with van der Waals surface area (Å²) in [5.41, 5.74) is 3.45. The maximum absolute atomic E-state index is 11.2. The largest absolute Gasteiger partial charge is 0.504 e. The molecule has 1 aliphatic heterocycles. The van der Waals surface area contributed by atoms with E-state index in [1.807, 2.05) is 32.1 Å². The highest BCUT2D eigenvalue weighted by Gasteiger charge is 2.24. The van der Waals surface area contributed by atoms with Crippen molar-refractivity contribution in [3.63, 3.8) is 0 Å². The molecule has 1 heterocycles. The summed E-state index contributed by atoms with van der Waals surface area (Å²) in [7, 11) is 3.00. The van der Waals surface area contributed by atoms with Crippen LogP contribution in [0.1, 0.15) is 13.8 Å². The van der Waals surface area contributed by atoms with Crippen LogP contribution in [0.5, 0.6) is 40.2 Å². The normalized spacial score (nSPS) is 11.8. The third-order valence-electron chi connectivity index (χ3n) is 5.30. The van der Waals surface area contributed by atoms with Crippen LogP contribution in [0.2, 0.25) is 0 Å². The maximum atomic E-state index is 11.2. The Morgan fingerprint density at radius 3 is 2.36 bits per heavy atom. The molecule has 0 saturated heterocycles. The summed E-state index contributed by atoms with van der Waals surface area (Å²) in [5.74, 6) is 2.15. The number of allylic oxidation sites excluding steroid dienone is 1. The molecule has 4 rings (SSSR count). The molecule has 0 radical (unpaired) electrons. The van der Waals surface area contributed by atoms with Crippen LogP contribution in [0, 0.1) is 0 Å². The molecule has 0 spiro atoms. The zero-order valence-electron chi connectivity index (χ0n) is 19.0. The first-order chi connectivity index (χ1) is 15.9. The van der Waals surface area contributed by atoms with Crippen LogP contribution in [0.4, 0.5) is 0 Å². The highest BCUT2D eigenvalue weighted by atomic mass is 16.7. The molecule has 0 amide bonds. The molecule has 0 aliphatic carbocycles. The van der Waals surface area contributed by atoms with Crippen molar-refractivity contribution in [2.24, 2.45) is 0 Å². The Morgan fingerprint density at radius 2 is 1.67 bits per heavy atom. The molecule has 0 saturated carbocycles. The molecule has 2 N–H and O–H groups in total. The molecular formula is C26H26O7. The summed E-state index contributed by atoms with van der Waals surface area (Å²) in [6, 6.07) is 12.2. The average Bonchev–Trinajstić information content (AvgIpc) is 3.27. The summed E-state index contributed by atoms with van der Waals surface area (Å²) >= 11 is 0. The topological polar surface area (TPSA) is 86.6 Å². The van der Waals surface area contributed by atoms with Crippen molar-refractivity contribution in [2.75, 3.05) is 27.6 Å². The van der Waals surface area contributed by atoms with E-state index in [4.69, 9.17) is 23.7 Å². The fourth-order valence-electron chi connectivity index (χ4n) is 3.64. The highest BCUT2D eigenvalue weighted by Crippen LogP contribution is 2.51. The van der Waals surface area contributed by atoms with E-state index in [0.717, 1.165) is 11.1 Å². The molecule has 0 bridgehead atoms. The molecule has 0 aromatic heterocycles. The molecule has 0 fully saturated rings. The lowest BCUT2D eigenvalue weighted by Crippen LogP contribution is -1.97. The van der Waals surface area contributed by atoms with Crippen LogP contribution in [0.3, 0.4) is 0 Å². The summed E-state index contributed by atoms with van der Waals surface area (Å²) in [4.78, 5) is 0. The van der Waals surface area contributed by atoms with Crippen molar-refractivity contribution in [1.82, 2.24) is 0 Å². The minimum absolute atomic E-state index is 0.0464. The van der Waals surface area contributed by atoms with E-state index in [1.54, 1.807) is 24.3 Å². The van der Waals surface area contributed by atoms with Crippen LogP contribution < -0.4 is 23.7 Å². The SMILES string of the molecule is COc1cc(-c2ccc3c(c2)OCO3)c(OC)c(O)c1-c1ccc(OCC=C(C)C)c(O)c1. The number of hydrogen-bond donors (Lipinski definition) is 2. The minimum atomic E-state index is -0.109. The van der Waals surface area contributed by atoms with Gasteiger partial charge < -0.3 is 33.9 Å². The Balaban J connectivity index is 1.77. The van der Waals surface area contributed by atoms with E-state index in [-0.39, 0.29) is 24.0 Å². The second-order valence-electron chi connectivity index (χ2n) is 7.73. The molecular weight excluding hydrogens is 424 g/mol. The first kappa shape index (κ1) is 22.2. The van der Waals surface area contributed by atoms with Crippen LogP contribution in [-0.2, 0) is 0 Å². The first-order valence-electron chi connectivity index (χ1n) is 10.4. The summed E-state index contributed by atoms with van der Waals surface area (Å²) in [6.45, 7) is 4.47. The van der Waals surface area contributed by atoms with Gasteiger partial charge in [-0.1, -0.05) is 17.7 Å². The van der Waals surface area contributed by atoms with Gasteiger partial charge in [-0.05, 0) is 61.4 Å². The van der Waals surface area contributed by atoms with E-state index >= 15 is 0 Å². The van der Waals surface area contributed by atoms with E-state index in [2.05, 4.69) is 0 Å². The lowest BCUT2D eigenvalue weighted by Gasteiger charge is -2.18. The van der Waals surface area contributed by atoms with Crippen molar-refractivity contribution in [3.05, 3.63) is 54.1 Å². The Morgan fingerprint density at radius 1 is 0.909 bits per heavy atom. The smallest absolute Gasteiger partial charge is 0.231 e. The highest BCUT2D eigenvalue weighted by molar-refractivity contribution is 5.88. The van der Waals surface area contributed by atoms with Gasteiger partial charge in [0.05, 0.1) is 19.8 Å². The fourth-order valence-corrected chi connectivity index (χ4v) is 3.64. The standard InChI is InChI=1S/C26H26O7/c1-15(2)9-10-31-20-7-6-17(11-19(20)27)24-23(29-3)13-18(26(30-4)25(24)28)16-5-8-21-22(12-16)33-14-32-21/h5-9,11-13,27-28H,10,14H2,1-4H3. The Hall–Kier alpha value is -4.00. The second-order valence-corrected chi connectivity index (χ2v) is 7.73. The number of rotatable bonds is 7. The summed E-state index contributed by atoms with van der Waals surface area (Å²) in [6.07, 6.45) is 1.92. The van der Waals surface area contributed by atoms with Gasteiger partial charge in [0.25, 0.3) is 0 Å². The van der Waals surface area contributed by atoms with E-state index in [0.29, 0.717) is 46.3 Å². The van der Waals surface area contributed by atoms with Gasteiger partial charge in [0.1, 0.15) is 12.4 Å². The Bertz CT molecular complexity index is 1210. The third-order valence-corrected chi connectivity index (χ3v) is 5.30. The molecule has 0 unspecified atom stereocenters. The van der Waals surface area contributed by atoms with Gasteiger partial charge in [-0.25, -0.2) is 0 Å². The molecule has 1 aliphatic rings. The van der Waals surface area contributed by atoms with Crippen LogP contribution in [-0.4, -0.2) is 37.8 Å². The number of methoxy groups -OCH3 is 2.